The van der Waals surface area contributed by atoms with E-state index in [0.717, 1.165) is 23.1 Å². The Morgan fingerprint density at radius 2 is 1.59 bits per heavy atom. The van der Waals surface area contributed by atoms with E-state index in [9.17, 15) is 13.2 Å². The summed E-state index contributed by atoms with van der Waals surface area (Å²) in [5, 5.41) is 0.685. The monoisotopic (exact) mass is 626 g/mol. The largest absolute Gasteiger partial charge is 0.418 e. The van der Waals surface area contributed by atoms with Gasteiger partial charge >= 0.3 is 6.18 Å². The van der Waals surface area contributed by atoms with Crippen LogP contribution in [0.25, 0.3) is 22.2 Å². The second-order valence-corrected chi connectivity index (χ2v) is 12.9. The molecule has 1 aliphatic rings. The molecule has 0 aliphatic carbocycles. The van der Waals surface area contributed by atoms with Crippen LogP contribution in [0.15, 0.2) is 85.2 Å². The number of hydrogen-bond acceptors (Lipinski definition) is 7. The number of benzene rings is 2. The van der Waals surface area contributed by atoms with Gasteiger partial charge in [-0.05, 0) is 62.4 Å². The van der Waals surface area contributed by atoms with Crippen LogP contribution in [-0.2, 0) is 22.9 Å². The fraction of sp³-hybridized carbons (Fsp3) is 0.333. The number of nitrogens with zero attached hydrogens (tertiary/aromatic N) is 6. The van der Waals surface area contributed by atoms with Gasteiger partial charge in [0.25, 0.3) is 0 Å². The highest BCUT2D eigenvalue weighted by Gasteiger charge is 2.34. The molecule has 10 heteroatoms. The summed E-state index contributed by atoms with van der Waals surface area (Å²) in [6.07, 6.45) is -1.25. The Kier molecular flexibility index (Phi) is 8.52. The summed E-state index contributed by atoms with van der Waals surface area (Å²) in [7, 11) is 0. The lowest BCUT2D eigenvalue weighted by Crippen LogP contribution is -2.45. The van der Waals surface area contributed by atoms with E-state index >= 15 is 0 Å². The normalized spacial score (nSPS) is 17.7. The number of fused-ring (bicyclic) bond motifs is 1. The molecule has 0 saturated carbocycles. The predicted molar refractivity (Wildman–Crippen MR) is 174 cm³/mol. The number of anilines is 3. The number of halogens is 3. The van der Waals surface area contributed by atoms with E-state index in [4.69, 9.17) is 19.7 Å². The summed E-state index contributed by atoms with van der Waals surface area (Å²) >= 11 is 0. The molecule has 2 aromatic carbocycles. The number of rotatable bonds is 6. The molecule has 0 spiro atoms. The van der Waals surface area contributed by atoms with Crippen molar-refractivity contribution in [2.75, 3.05) is 18.0 Å². The lowest BCUT2D eigenvalue weighted by molar-refractivity contribution is -0.137. The smallest absolute Gasteiger partial charge is 0.373 e. The van der Waals surface area contributed by atoms with Crippen molar-refractivity contribution < 1.29 is 17.9 Å². The highest BCUT2D eigenvalue weighted by atomic mass is 19.4. The van der Waals surface area contributed by atoms with Gasteiger partial charge in [0.05, 0.1) is 47.4 Å². The number of pyridine rings is 2. The van der Waals surface area contributed by atoms with Crippen molar-refractivity contribution >= 4 is 28.1 Å². The molecule has 4 heterocycles. The molecular weight excluding hydrogens is 589 g/mol. The first-order valence-corrected chi connectivity index (χ1v) is 15.4. The maximum Gasteiger partial charge on any atom is 0.418 e. The first-order valence-electron chi connectivity index (χ1n) is 15.4. The van der Waals surface area contributed by atoms with E-state index in [1.54, 1.807) is 18.2 Å². The minimum atomic E-state index is -4.55. The molecule has 0 bridgehead atoms. The van der Waals surface area contributed by atoms with Crippen LogP contribution in [0.2, 0.25) is 0 Å². The van der Waals surface area contributed by atoms with Crippen LogP contribution in [0, 0.1) is 0 Å². The third kappa shape index (κ3) is 6.73. The van der Waals surface area contributed by atoms with Crippen LogP contribution >= 0.6 is 0 Å². The summed E-state index contributed by atoms with van der Waals surface area (Å²) in [6.45, 7) is 12.3. The van der Waals surface area contributed by atoms with E-state index in [1.165, 1.54) is 12.3 Å². The Labute approximate surface area is 267 Å². The van der Waals surface area contributed by atoms with Crippen molar-refractivity contribution in [3.8, 4) is 11.3 Å². The summed E-state index contributed by atoms with van der Waals surface area (Å²) in [6, 6.07) is 21.4. The van der Waals surface area contributed by atoms with Crippen LogP contribution < -0.4 is 4.90 Å². The second kappa shape index (κ2) is 12.4. The third-order valence-corrected chi connectivity index (χ3v) is 7.97. The van der Waals surface area contributed by atoms with Crippen LogP contribution in [0.1, 0.15) is 51.7 Å². The Balaban J connectivity index is 1.55. The van der Waals surface area contributed by atoms with Gasteiger partial charge < -0.3 is 4.74 Å². The molecule has 1 saturated heterocycles. The second-order valence-electron chi connectivity index (χ2n) is 12.9. The molecule has 0 amide bonds. The van der Waals surface area contributed by atoms with Gasteiger partial charge in [-0.2, -0.15) is 13.2 Å². The highest BCUT2D eigenvalue weighted by Crippen LogP contribution is 2.40. The number of morpholine rings is 1. The molecule has 3 aromatic heterocycles. The van der Waals surface area contributed by atoms with Crippen LogP contribution in [0.5, 0.6) is 0 Å². The molecule has 0 unspecified atom stereocenters. The molecule has 7 nitrogen and oxygen atoms in total. The van der Waals surface area contributed by atoms with Gasteiger partial charge in [0.1, 0.15) is 11.6 Å². The van der Waals surface area contributed by atoms with Gasteiger partial charge in [-0.3, -0.25) is 19.8 Å². The van der Waals surface area contributed by atoms with E-state index in [2.05, 4.69) is 30.7 Å². The zero-order valence-electron chi connectivity index (χ0n) is 26.6. The quantitative estimate of drug-likeness (QED) is 0.187. The summed E-state index contributed by atoms with van der Waals surface area (Å²) in [5.74, 6) is 1.16. The van der Waals surface area contributed by atoms with Crippen LogP contribution in [-0.4, -0.2) is 50.1 Å². The van der Waals surface area contributed by atoms with Gasteiger partial charge in [0, 0.05) is 47.0 Å². The fourth-order valence-corrected chi connectivity index (χ4v) is 5.96. The van der Waals surface area contributed by atoms with E-state index < -0.39 is 11.7 Å². The Morgan fingerprint density at radius 3 is 2.24 bits per heavy atom. The van der Waals surface area contributed by atoms with E-state index in [1.807, 2.05) is 67.4 Å². The third-order valence-electron chi connectivity index (χ3n) is 7.97. The maximum absolute atomic E-state index is 14.0. The van der Waals surface area contributed by atoms with Crippen molar-refractivity contribution in [2.24, 2.45) is 0 Å². The zero-order valence-corrected chi connectivity index (χ0v) is 26.6. The summed E-state index contributed by atoms with van der Waals surface area (Å²) < 4.78 is 47.9. The van der Waals surface area contributed by atoms with Gasteiger partial charge in [-0.15, -0.1) is 0 Å². The van der Waals surface area contributed by atoms with Gasteiger partial charge in [0.2, 0.25) is 0 Å². The molecule has 46 heavy (non-hydrogen) atoms. The van der Waals surface area contributed by atoms with Crippen molar-refractivity contribution in [3.05, 3.63) is 102 Å². The molecule has 238 valence electrons. The number of alkyl halides is 3. The SMILES string of the molecule is C[C@H]1CN(Cc2nc(N(c3ccccc3)c3ccc(C(C)(C)C)nc3)c3ccc(-c4ncccc4C(F)(F)F)cc3n2)C[C@H](C)O1. The van der Waals surface area contributed by atoms with Crippen molar-refractivity contribution in [2.45, 2.75) is 65.0 Å². The van der Waals surface area contributed by atoms with Crippen LogP contribution in [0.3, 0.4) is 0 Å². The number of aromatic nitrogens is 4. The molecular formula is C36H37F3N6O. The predicted octanol–water partition coefficient (Wildman–Crippen LogP) is 8.48. The Bertz CT molecular complexity index is 1810. The highest BCUT2D eigenvalue weighted by molar-refractivity contribution is 5.96. The molecule has 0 radical (unpaired) electrons. The lowest BCUT2D eigenvalue weighted by Gasteiger charge is -2.35. The zero-order chi connectivity index (χ0) is 32.6. The minimum absolute atomic E-state index is 0.0495. The van der Waals surface area contributed by atoms with Gasteiger partial charge in [-0.1, -0.05) is 45.0 Å². The Hall–Kier alpha value is -4.41. The summed E-state index contributed by atoms with van der Waals surface area (Å²) in [4.78, 5) is 23.3. The molecule has 0 N–H and O–H groups in total. The summed E-state index contributed by atoms with van der Waals surface area (Å²) in [5.41, 5.74) is 2.39. The first kappa shape index (κ1) is 31.6. The van der Waals surface area contributed by atoms with Crippen molar-refractivity contribution in [1.29, 1.82) is 0 Å². The minimum Gasteiger partial charge on any atom is -0.373 e. The average Bonchev–Trinajstić information content (AvgIpc) is 3.00. The topological polar surface area (TPSA) is 67.3 Å². The van der Waals surface area contributed by atoms with E-state index in [0.29, 0.717) is 47.7 Å². The average molecular weight is 627 g/mol. The number of ether oxygens (including phenoxy) is 1. The number of para-hydroxylation sites is 1. The number of hydrogen-bond donors (Lipinski definition) is 0. The standard InChI is InChI=1S/C36H37F3N6O/c1-23-20-44(21-24(2)46-23)22-32-42-30-18-25(33-29(36(37,38)39)12-9-17-40-33)13-15-28(30)34(43-32)45(26-10-7-6-8-11-26)27-14-16-31(41-19-27)35(3,4)5/h6-19,23-24H,20-22H2,1-5H3/t23-,24-/m0/s1. The lowest BCUT2D eigenvalue weighted by atomic mass is 9.92. The van der Waals surface area contributed by atoms with Crippen molar-refractivity contribution in [3.63, 3.8) is 0 Å². The molecule has 1 fully saturated rings. The van der Waals surface area contributed by atoms with Gasteiger partial charge in [0.15, 0.2) is 0 Å². The van der Waals surface area contributed by atoms with Gasteiger partial charge in [-0.25, -0.2) is 9.97 Å². The molecule has 6 rings (SSSR count). The van der Waals surface area contributed by atoms with Crippen LogP contribution in [0.4, 0.5) is 30.4 Å². The molecule has 1 aliphatic heterocycles. The van der Waals surface area contributed by atoms with Crippen molar-refractivity contribution in [1.82, 2.24) is 24.8 Å². The fourth-order valence-electron chi connectivity index (χ4n) is 5.96. The molecule has 5 aromatic rings. The maximum atomic E-state index is 14.0. The first-order chi connectivity index (χ1) is 21.9. The molecule has 2 atom stereocenters. The Morgan fingerprint density at radius 1 is 0.848 bits per heavy atom. The van der Waals surface area contributed by atoms with E-state index in [-0.39, 0.29) is 23.3 Å².